The fourth-order valence-electron chi connectivity index (χ4n) is 9.44. The molecular weight excluding hydrogens is 480 g/mol. The van der Waals surface area contributed by atoms with Crippen molar-refractivity contribution in [2.45, 2.75) is 108 Å². The van der Waals surface area contributed by atoms with E-state index in [1.807, 2.05) is 0 Å². The minimum Gasteiger partial charge on any atom is -0.467 e. The molecule has 5 fully saturated rings. The Morgan fingerprint density at radius 1 is 0.892 bits per heavy atom. The number of esters is 1. The van der Waals surface area contributed by atoms with Gasteiger partial charge in [0.1, 0.15) is 24.9 Å². The number of methoxy groups -OCH3 is 1. The minimum atomic E-state index is -1.59. The van der Waals surface area contributed by atoms with Gasteiger partial charge < -0.3 is 34.6 Å². The Labute approximate surface area is 218 Å². The van der Waals surface area contributed by atoms with E-state index in [1.54, 1.807) is 0 Å². The summed E-state index contributed by atoms with van der Waals surface area (Å²) in [7, 11) is 1.17. The van der Waals surface area contributed by atoms with Crippen LogP contribution in [0.1, 0.15) is 71.6 Å². The van der Waals surface area contributed by atoms with E-state index in [4.69, 9.17) is 9.47 Å². The van der Waals surface area contributed by atoms with Gasteiger partial charge in [0.15, 0.2) is 18.2 Å². The molecule has 4 aliphatic carbocycles. The molecule has 13 atom stereocenters. The second kappa shape index (κ2) is 10.1. The molecule has 37 heavy (non-hydrogen) atoms. The molecule has 0 bridgehead atoms. The topological polar surface area (TPSA) is 143 Å². The van der Waals surface area contributed by atoms with Gasteiger partial charge in [0.25, 0.3) is 0 Å². The van der Waals surface area contributed by atoms with Crippen LogP contribution in [-0.2, 0) is 23.8 Å². The van der Waals surface area contributed by atoms with E-state index in [0.717, 1.165) is 57.8 Å². The number of rotatable bonds is 5. The first-order chi connectivity index (χ1) is 17.5. The second-order valence-electron chi connectivity index (χ2n) is 12.9. The van der Waals surface area contributed by atoms with Gasteiger partial charge in [0, 0.05) is 5.92 Å². The Bertz CT molecular complexity index is 880. The molecule has 9 nitrogen and oxygen atoms in total. The highest BCUT2D eigenvalue weighted by Crippen LogP contribution is 2.67. The quantitative estimate of drug-likeness (QED) is 0.311. The summed E-state index contributed by atoms with van der Waals surface area (Å²) >= 11 is 0. The summed E-state index contributed by atoms with van der Waals surface area (Å²) in [6.07, 6.45) is 1.50. The van der Waals surface area contributed by atoms with Crippen molar-refractivity contribution in [2.75, 3.05) is 13.7 Å². The van der Waals surface area contributed by atoms with Crippen molar-refractivity contribution >= 4 is 11.8 Å². The molecule has 0 aromatic rings. The molecule has 4 N–H and O–H groups in total. The van der Waals surface area contributed by atoms with Crippen molar-refractivity contribution < 1.29 is 44.2 Å². The van der Waals surface area contributed by atoms with Gasteiger partial charge in [-0.2, -0.15) is 0 Å². The lowest BCUT2D eigenvalue weighted by Gasteiger charge is -2.61. The summed E-state index contributed by atoms with van der Waals surface area (Å²) in [6, 6.07) is 0. The molecule has 0 radical (unpaired) electrons. The van der Waals surface area contributed by atoms with E-state index < -0.39 is 36.7 Å². The normalized spacial score (nSPS) is 51.5. The van der Waals surface area contributed by atoms with Crippen LogP contribution in [0.5, 0.6) is 0 Å². The average Bonchev–Trinajstić information content (AvgIpc) is 3.25. The SMILES string of the molecule is COC(=O)[C@@H]1O[C@@H](O[C@@H]2CC[C@]3(C)[C@H](CC[C@@H]4[C@@H]3CC[C@]3(C)[C@@H](C(=O)CO)CC[C@@H]43)C2)[C@H](O)[C@@H](O)[C@@H]1O. The summed E-state index contributed by atoms with van der Waals surface area (Å²) in [4.78, 5) is 24.5. The monoisotopic (exact) mass is 524 g/mol. The van der Waals surface area contributed by atoms with E-state index in [9.17, 15) is 30.0 Å². The third kappa shape index (κ3) is 4.38. The van der Waals surface area contributed by atoms with E-state index in [1.165, 1.54) is 7.11 Å². The standard InChI is InChI=1S/C28H44O9/c1-27-10-8-15(36-26-23(33)21(31)22(32)24(37-26)25(34)35-3)12-14(27)4-5-16-17-6-7-19(20(30)13-29)28(17,2)11-9-18(16)27/h14-19,21-24,26,29,31-33H,4-13H2,1-3H3/t14-,15-,16+,17+,18+,19-,21+,22+,23-,24-,26-,27-,28+/m1/s1. The first kappa shape index (κ1) is 27.5. The lowest BCUT2D eigenvalue weighted by molar-refractivity contribution is -0.310. The molecule has 0 aromatic heterocycles. The molecule has 0 unspecified atom stereocenters. The van der Waals surface area contributed by atoms with Crippen LogP contribution in [0.15, 0.2) is 0 Å². The fraction of sp³-hybridized carbons (Fsp3) is 0.929. The number of hydrogen-bond acceptors (Lipinski definition) is 9. The molecule has 1 heterocycles. The number of ether oxygens (including phenoxy) is 3. The van der Waals surface area contributed by atoms with Crippen LogP contribution >= 0.6 is 0 Å². The first-order valence-electron chi connectivity index (χ1n) is 14.1. The maximum atomic E-state index is 12.5. The number of aliphatic hydroxyl groups excluding tert-OH is 4. The summed E-state index contributed by atoms with van der Waals surface area (Å²) in [6.45, 7) is 4.37. The lowest BCUT2D eigenvalue weighted by atomic mass is 9.44. The summed E-state index contributed by atoms with van der Waals surface area (Å²) < 4.78 is 16.4. The van der Waals surface area contributed by atoms with Gasteiger partial charge >= 0.3 is 5.97 Å². The van der Waals surface area contributed by atoms with Crippen LogP contribution in [-0.4, -0.2) is 82.7 Å². The average molecular weight is 525 g/mol. The van der Waals surface area contributed by atoms with Gasteiger partial charge in [0.2, 0.25) is 0 Å². The van der Waals surface area contributed by atoms with Crippen LogP contribution in [0, 0.1) is 40.4 Å². The van der Waals surface area contributed by atoms with E-state index in [-0.39, 0.29) is 35.2 Å². The summed E-state index contributed by atoms with van der Waals surface area (Å²) in [5.41, 5.74) is 0.181. The van der Waals surface area contributed by atoms with Gasteiger partial charge in [-0.05, 0) is 92.3 Å². The Kier molecular flexibility index (Phi) is 7.53. The molecule has 0 amide bonds. The molecule has 0 aromatic carbocycles. The lowest BCUT2D eigenvalue weighted by Crippen LogP contribution is -2.61. The maximum Gasteiger partial charge on any atom is 0.337 e. The highest BCUT2D eigenvalue weighted by atomic mass is 16.7. The Balaban J connectivity index is 1.25. The maximum absolute atomic E-state index is 12.5. The molecule has 5 rings (SSSR count). The first-order valence-corrected chi connectivity index (χ1v) is 14.1. The zero-order valence-electron chi connectivity index (χ0n) is 22.3. The molecule has 4 saturated carbocycles. The highest BCUT2D eigenvalue weighted by Gasteiger charge is 2.61. The number of hydrogen-bond donors (Lipinski definition) is 4. The van der Waals surface area contributed by atoms with Crippen molar-refractivity contribution in [2.24, 2.45) is 40.4 Å². The number of carbonyl (C=O) groups is 2. The molecule has 1 aliphatic heterocycles. The van der Waals surface area contributed by atoms with Crippen LogP contribution in [0.2, 0.25) is 0 Å². The van der Waals surface area contributed by atoms with Gasteiger partial charge in [-0.3, -0.25) is 4.79 Å². The number of carbonyl (C=O) groups excluding carboxylic acids is 2. The molecule has 5 aliphatic rings. The predicted molar refractivity (Wildman–Crippen MR) is 131 cm³/mol. The molecule has 1 saturated heterocycles. The van der Waals surface area contributed by atoms with Crippen molar-refractivity contribution in [3.05, 3.63) is 0 Å². The largest absolute Gasteiger partial charge is 0.467 e. The smallest absolute Gasteiger partial charge is 0.337 e. The van der Waals surface area contributed by atoms with Crippen molar-refractivity contribution in [3.63, 3.8) is 0 Å². The zero-order chi connectivity index (χ0) is 26.7. The van der Waals surface area contributed by atoms with Gasteiger partial charge in [-0.25, -0.2) is 4.79 Å². The third-order valence-corrected chi connectivity index (χ3v) is 11.5. The number of ketones is 1. The van der Waals surface area contributed by atoms with Gasteiger partial charge in [-0.15, -0.1) is 0 Å². The zero-order valence-corrected chi connectivity index (χ0v) is 22.3. The van der Waals surface area contributed by atoms with Crippen molar-refractivity contribution in [1.82, 2.24) is 0 Å². The third-order valence-electron chi connectivity index (χ3n) is 11.5. The van der Waals surface area contributed by atoms with Crippen LogP contribution in [0.25, 0.3) is 0 Å². The van der Waals surface area contributed by atoms with E-state index >= 15 is 0 Å². The summed E-state index contributed by atoms with van der Waals surface area (Å²) in [5, 5.41) is 40.5. The Hall–Kier alpha value is -1.10. The Morgan fingerprint density at radius 3 is 2.30 bits per heavy atom. The number of Topliss-reactive ketones (excluding diaryl/α,β-unsaturated/α-hetero) is 1. The molecular formula is C28H44O9. The molecule has 9 heteroatoms. The van der Waals surface area contributed by atoms with Crippen LogP contribution in [0.4, 0.5) is 0 Å². The molecule has 210 valence electrons. The minimum absolute atomic E-state index is 0.000525. The number of fused-ring (bicyclic) bond motifs is 5. The molecule has 0 spiro atoms. The van der Waals surface area contributed by atoms with Gasteiger partial charge in [-0.1, -0.05) is 13.8 Å². The van der Waals surface area contributed by atoms with E-state index in [0.29, 0.717) is 23.7 Å². The second-order valence-corrected chi connectivity index (χ2v) is 12.9. The van der Waals surface area contributed by atoms with Crippen molar-refractivity contribution in [1.29, 1.82) is 0 Å². The van der Waals surface area contributed by atoms with Crippen LogP contribution < -0.4 is 0 Å². The highest BCUT2D eigenvalue weighted by molar-refractivity contribution is 5.83. The fourth-order valence-corrected chi connectivity index (χ4v) is 9.44. The van der Waals surface area contributed by atoms with E-state index in [2.05, 4.69) is 18.6 Å². The Morgan fingerprint density at radius 2 is 1.59 bits per heavy atom. The number of aliphatic hydroxyl groups is 4. The van der Waals surface area contributed by atoms with Crippen LogP contribution in [0.3, 0.4) is 0 Å². The predicted octanol–water partition coefficient (Wildman–Crippen LogP) is 1.57. The van der Waals surface area contributed by atoms with Gasteiger partial charge in [0.05, 0.1) is 13.2 Å². The van der Waals surface area contributed by atoms with Crippen molar-refractivity contribution in [3.8, 4) is 0 Å². The summed E-state index contributed by atoms with van der Waals surface area (Å²) in [5.74, 6) is 1.39.